The van der Waals surface area contributed by atoms with Crippen LogP contribution in [0.1, 0.15) is 22.6 Å². The van der Waals surface area contributed by atoms with Crippen molar-refractivity contribution in [3.63, 3.8) is 0 Å². The van der Waals surface area contributed by atoms with Crippen molar-refractivity contribution in [2.24, 2.45) is 5.73 Å². The molecule has 21 heavy (non-hydrogen) atoms. The normalized spacial score (nSPS) is 15.4. The molecule has 3 heteroatoms. The quantitative estimate of drug-likeness (QED) is 0.878. The maximum atomic E-state index is 13.4. The van der Waals surface area contributed by atoms with E-state index in [2.05, 4.69) is 24.0 Å². The number of fused-ring (bicyclic) bond motifs is 1. The molecule has 2 nitrogen and oxygen atoms in total. The highest BCUT2D eigenvalue weighted by Crippen LogP contribution is 2.35. The van der Waals surface area contributed by atoms with Gasteiger partial charge >= 0.3 is 0 Å². The van der Waals surface area contributed by atoms with E-state index in [1.165, 1.54) is 23.3 Å². The van der Waals surface area contributed by atoms with Gasteiger partial charge in [-0.1, -0.05) is 36.1 Å². The van der Waals surface area contributed by atoms with E-state index in [4.69, 9.17) is 10.5 Å². The minimum absolute atomic E-state index is 0.271. The number of hydrogen-bond donors (Lipinski definition) is 1. The first-order valence-corrected chi connectivity index (χ1v) is 6.97. The van der Waals surface area contributed by atoms with Gasteiger partial charge in [-0.15, -0.1) is 0 Å². The van der Waals surface area contributed by atoms with Gasteiger partial charge in [0.1, 0.15) is 11.6 Å². The van der Waals surface area contributed by atoms with E-state index in [9.17, 15) is 4.39 Å². The van der Waals surface area contributed by atoms with Crippen LogP contribution in [-0.2, 0) is 6.42 Å². The predicted molar refractivity (Wildman–Crippen MR) is 80.7 cm³/mol. The van der Waals surface area contributed by atoms with E-state index < -0.39 is 0 Å². The lowest BCUT2D eigenvalue weighted by atomic mass is 9.78. The molecule has 1 unspecified atom stereocenters. The van der Waals surface area contributed by atoms with Crippen molar-refractivity contribution >= 4 is 0 Å². The molecule has 1 aliphatic carbocycles. The van der Waals surface area contributed by atoms with Crippen molar-refractivity contribution in [2.75, 3.05) is 13.2 Å². The highest BCUT2D eigenvalue weighted by molar-refractivity contribution is 5.47. The maximum Gasteiger partial charge on any atom is 0.137 e. The van der Waals surface area contributed by atoms with Crippen LogP contribution >= 0.6 is 0 Å². The lowest BCUT2D eigenvalue weighted by Gasteiger charge is -2.30. The number of halogens is 1. The molecular formula is C18H16FNO. The molecule has 3 rings (SSSR count). The van der Waals surface area contributed by atoms with Crippen LogP contribution in [0.25, 0.3) is 0 Å². The summed E-state index contributed by atoms with van der Waals surface area (Å²) < 4.78 is 19.2. The van der Waals surface area contributed by atoms with Crippen molar-refractivity contribution in [3.8, 4) is 17.6 Å². The third-order valence-corrected chi connectivity index (χ3v) is 3.67. The fraction of sp³-hybridized carbons (Fsp3) is 0.222. The molecule has 106 valence electrons. The van der Waals surface area contributed by atoms with Crippen molar-refractivity contribution in [2.45, 2.75) is 12.3 Å². The van der Waals surface area contributed by atoms with Gasteiger partial charge in [-0.3, -0.25) is 0 Å². The smallest absolute Gasteiger partial charge is 0.137 e. The molecule has 0 fully saturated rings. The maximum absolute atomic E-state index is 13.4. The van der Waals surface area contributed by atoms with Gasteiger partial charge in [-0.2, -0.15) is 0 Å². The van der Waals surface area contributed by atoms with Crippen molar-refractivity contribution < 1.29 is 9.13 Å². The molecule has 0 spiro atoms. The van der Waals surface area contributed by atoms with E-state index in [0.29, 0.717) is 23.8 Å². The Morgan fingerprint density at radius 1 is 1.24 bits per heavy atom. The molecule has 0 aromatic heterocycles. The topological polar surface area (TPSA) is 35.2 Å². The molecule has 0 amide bonds. The molecular weight excluding hydrogens is 265 g/mol. The Labute approximate surface area is 123 Å². The molecule has 0 saturated carbocycles. The Morgan fingerprint density at radius 2 is 2.10 bits per heavy atom. The average Bonchev–Trinajstić information content (AvgIpc) is 2.47. The zero-order valence-electron chi connectivity index (χ0n) is 11.6. The monoisotopic (exact) mass is 281 g/mol. The SMILES string of the molecule is NCC#Cc1ccc(F)cc1OCC1Cc2ccccc21. The highest BCUT2D eigenvalue weighted by atomic mass is 19.1. The third-order valence-electron chi connectivity index (χ3n) is 3.67. The van der Waals surface area contributed by atoms with Crippen LogP contribution in [0.5, 0.6) is 5.75 Å². The first kappa shape index (κ1) is 13.7. The number of ether oxygens (including phenoxy) is 1. The van der Waals surface area contributed by atoms with E-state index >= 15 is 0 Å². The summed E-state index contributed by atoms with van der Waals surface area (Å²) in [6, 6.07) is 12.7. The summed E-state index contributed by atoms with van der Waals surface area (Å²) in [7, 11) is 0. The summed E-state index contributed by atoms with van der Waals surface area (Å²) >= 11 is 0. The zero-order chi connectivity index (χ0) is 14.7. The second kappa shape index (κ2) is 5.99. The lowest BCUT2D eigenvalue weighted by molar-refractivity contribution is 0.273. The number of benzene rings is 2. The Bertz CT molecular complexity index is 715. The van der Waals surface area contributed by atoms with Crippen LogP contribution in [0.2, 0.25) is 0 Å². The Kier molecular flexibility index (Phi) is 3.89. The molecule has 0 bridgehead atoms. The summed E-state index contributed by atoms with van der Waals surface area (Å²) in [6.07, 6.45) is 1.01. The third kappa shape index (κ3) is 2.91. The summed E-state index contributed by atoms with van der Waals surface area (Å²) in [5.74, 6) is 6.22. The molecule has 0 saturated heterocycles. The standard InChI is InChI=1S/C18H16FNO/c19-16-8-7-13(5-3-9-20)18(11-16)21-12-15-10-14-4-1-2-6-17(14)15/h1-2,4,6-8,11,15H,9-10,12,20H2. The lowest BCUT2D eigenvalue weighted by Crippen LogP contribution is -2.23. The average molecular weight is 281 g/mol. The second-order valence-electron chi connectivity index (χ2n) is 5.06. The second-order valence-corrected chi connectivity index (χ2v) is 5.06. The summed E-state index contributed by atoms with van der Waals surface area (Å²) in [6.45, 7) is 0.810. The summed E-state index contributed by atoms with van der Waals surface area (Å²) in [5.41, 5.74) is 8.74. The van der Waals surface area contributed by atoms with Gasteiger partial charge in [0.05, 0.1) is 18.7 Å². The van der Waals surface area contributed by atoms with Gasteiger partial charge in [-0.05, 0) is 29.7 Å². The van der Waals surface area contributed by atoms with Crippen LogP contribution < -0.4 is 10.5 Å². The molecule has 1 atom stereocenters. The van der Waals surface area contributed by atoms with Crippen molar-refractivity contribution in [1.82, 2.24) is 0 Å². The molecule has 2 N–H and O–H groups in total. The minimum atomic E-state index is -0.322. The molecule has 0 aliphatic heterocycles. The van der Waals surface area contributed by atoms with Crippen LogP contribution in [0.4, 0.5) is 4.39 Å². The van der Waals surface area contributed by atoms with Gasteiger partial charge in [0.2, 0.25) is 0 Å². The molecule has 1 aliphatic rings. The Balaban J connectivity index is 1.72. The molecule has 2 aromatic carbocycles. The van der Waals surface area contributed by atoms with E-state index in [1.807, 2.05) is 12.1 Å². The Morgan fingerprint density at radius 3 is 2.90 bits per heavy atom. The number of nitrogens with two attached hydrogens (primary N) is 1. The minimum Gasteiger partial charge on any atom is -0.492 e. The molecule has 0 heterocycles. The van der Waals surface area contributed by atoms with Gasteiger partial charge in [-0.25, -0.2) is 4.39 Å². The van der Waals surface area contributed by atoms with Crippen molar-refractivity contribution in [1.29, 1.82) is 0 Å². The van der Waals surface area contributed by atoms with Crippen LogP contribution in [0.3, 0.4) is 0 Å². The highest BCUT2D eigenvalue weighted by Gasteiger charge is 2.26. The van der Waals surface area contributed by atoms with E-state index in [-0.39, 0.29) is 12.4 Å². The van der Waals surface area contributed by atoms with E-state index in [1.54, 1.807) is 6.07 Å². The largest absolute Gasteiger partial charge is 0.492 e. The molecule has 2 aromatic rings. The van der Waals surface area contributed by atoms with Gasteiger partial charge < -0.3 is 10.5 Å². The molecule has 0 radical (unpaired) electrons. The fourth-order valence-corrected chi connectivity index (χ4v) is 2.57. The van der Waals surface area contributed by atoms with Gasteiger partial charge in [0, 0.05) is 12.0 Å². The van der Waals surface area contributed by atoms with Gasteiger partial charge in [0.15, 0.2) is 0 Å². The predicted octanol–water partition coefficient (Wildman–Crippen LogP) is 2.85. The van der Waals surface area contributed by atoms with Crippen LogP contribution in [0.15, 0.2) is 42.5 Å². The van der Waals surface area contributed by atoms with E-state index in [0.717, 1.165) is 6.42 Å². The first-order chi connectivity index (χ1) is 10.3. The summed E-state index contributed by atoms with van der Waals surface area (Å²) in [4.78, 5) is 0. The number of hydrogen-bond acceptors (Lipinski definition) is 2. The zero-order valence-corrected chi connectivity index (χ0v) is 11.6. The fourth-order valence-electron chi connectivity index (χ4n) is 2.57. The van der Waals surface area contributed by atoms with Gasteiger partial charge in [0.25, 0.3) is 0 Å². The Hall–Kier alpha value is -2.31. The van der Waals surface area contributed by atoms with Crippen LogP contribution in [-0.4, -0.2) is 13.2 Å². The van der Waals surface area contributed by atoms with Crippen molar-refractivity contribution in [3.05, 3.63) is 65.0 Å². The number of rotatable bonds is 3. The summed E-state index contributed by atoms with van der Waals surface area (Å²) in [5, 5.41) is 0. The first-order valence-electron chi connectivity index (χ1n) is 6.97. The van der Waals surface area contributed by atoms with Crippen LogP contribution in [0, 0.1) is 17.7 Å².